The summed E-state index contributed by atoms with van der Waals surface area (Å²) in [6, 6.07) is 7.36. The summed E-state index contributed by atoms with van der Waals surface area (Å²) < 4.78 is 31.5. The normalized spacial score (nSPS) is 15.7. The summed E-state index contributed by atoms with van der Waals surface area (Å²) >= 11 is 0. The van der Waals surface area contributed by atoms with Gasteiger partial charge in [0, 0.05) is 11.9 Å². The van der Waals surface area contributed by atoms with Crippen LogP contribution in [0.1, 0.15) is 46.0 Å². The van der Waals surface area contributed by atoms with E-state index < -0.39 is 9.84 Å². The minimum absolute atomic E-state index is 0. The van der Waals surface area contributed by atoms with E-state index in [1.54, 1.807) is 0 Å². The van der Waals surface area contributed by atoms with Gasteiger partial charge >= 0.3 is 5.69 Å². The number of hydrogen-bond donors (Lipinski definition) is 2. The number of imidazole rings is 1. The molecular formula is C24H35ClN4O4S. The SMILES string of the molecule is CCC(CC)CN1CCC(S(=O)(=O)CCCOc2ccc3nc4[nH]c(=O)[nH]c4cc3c2)CC1.Cl. The number of nitrogens with one attached hydrogen (secondary N) is 2. The van der Waals surface area contributed by atoms with Crippen molar-refractivity contribution in [2.24, 2.45) is 5.92 Å². The Morgan fingerprint density at radius 3 is 2.59 bits per heavy atom. The molecule has 8 nitrogen and oxygen atoms in total. The zero-order valence-electron chi connectivity index (χ0n) is 19.9. The molecule has 2 aromatic heterocycles. The minimum Gasteiger partial charge on any atom is -0.494 e. The average Bonchev–Trinajstić information content (AvgIpc) is 3.17. The third-order valence-corrected chi connectivity index (χ3v) is 9.17. The van der Waals surface area contributed by atoms with Gasteiger partial charge in [0.15, 0.2) is 15.5 Å². The number of halogens is 1. The van der Waals surface area contributed by atoms with Crippen molar-refractivity contribution in [3.05, 3.63) is 34.7 Å². The molecule has 0 spiro atoms. The molecule has 0 amide bonds. The summed E-state index contributed by atoms with van der Waals surface area (Å²) in [4.78, 5) is 23.7. The number of likely N-dealkylation sites (tertiary alicyclic amines) is 1. The number of pyridine rings is 1. The lowest BCUT2D eigenvalue weighted by Gasteiger charge is -2.33. The molecule has 0 saturated carbocycles. The molecule has 0 bridgehead atoms. The Kier molecular flexibility index (Phi) is 9.01. The van der Waals surface area contributed by atoms with Crippen molar-refractivity contribution in [3.8, 4) is 5.75 Å². The van der Waals surface area contributed by atoms with E-state index in [4.69, 9.17) is 4.74 Å². The zero-order valence-corrected chi connectivity index (χ0v) is 21.5. The Balaban J connectivity index is 0.00000324. The van der Waals surface area contributed by atoms with Gasteiger partial charge in [0.1, 0.15) is 5.75 Å². The van der Waals surface area contributed by atoms with Crippen LogP contribution in [0.2, 0.25) is 0 Å². The quantitative estimate of drug-likeness (QED) is 0.400. The van der Waals surface area contributed by atoms with Gasteiger partial charge in [-0.25, -0.2) is 18.2 Å². The number of piperidine rings is 1. The van der Waals surface area contributed by atoms with Crippen LogP contribution in [0.4, 0.5) is 0 Å². The first-order valence-electron chi connectivity index (χ1n) is 12.0. The predicted molar refractivity (Wildman–Crippen MR) is 139 cm³/mol. The van der Waals surface area contributed by atoms with Crippen LogP contribution in [-0.2, 0) is 9.84 Å². The molecule has 1 aromatic carbocycles. The molecular weight excluding hydrogens is 476 g/mol. The van der Waals surface area contributed by atoms with Crippen LogP contribution in [0.15, 0.2) is 29.1 Å². The number of aromatic nitrogens is 3. The summed E-state index contributed by atoms with van der Waals surface area (Å²) in [6.07, 6.45) is 4.29. The predicted octanol–water partition coefficient (Wildman–Crippen LogP) is 3.91. The van der Waals surface area contributed by atoms with E-state index in [-0.39, 0.29) is 29.1 Å². The molecule has 10 heteroatoms. The van der Waals surface area contributed by atoms with Gasteiger partial charge in [-0.2, -0.15) is 0 Å². The van der Waals surface area contributed by atoms with E-state index in [0.717, 1.165) is 43.4 Å². The van der Waals surface area contributed by atoms with Crippen LogP contribution in [0.5, 0.6) is 5.75 Å². The maximum absolute atomic E-state index is 12.8. The molecule has 188 valence electrons. The number of ether oxygens (including phenoxy) is 1. The summed E-state index contributed by atoms with van der Waals surface area (Å²) in [5.41, 5.74) is 1.62. The highest BCUT2D eigenvalue weighted by atomic mass is 35.5. The Bertz CT molecular complexity index is 1240. The first-order chi connectivity index (χ1) is 15.9. The second-order valence-corrected chi connectivity index (χ2v) is 11.5. The third kappa shape index (κ3) is 6.31. The number of H-pyrrole nitrogens is 2. The summed E-state index contributed by atoms with van der Waals surface area (Å²) in [7, 11) is -3.11. The van der Waals surface area contributed by atoms with E-state index in [2.05, 4.69) is 33.7 Å². The van der Waals surface area contributed by atoms with Gasteiger partial charge in [-0.05, 0) is 62.5 Å². The van der Waals surface area contributed by atoms with E-state index in [1.165, 1.54) is 12.8 Å². The van der Waals surface area contributed by atoms with Gasteiger partial charge in [-0.15, -0.1) is 12.4 Å². The fraction of sp³-hybridized carbons (Fsp3) is 0.583. The largest absolute Gasteiger partial charge is 0.494 e. The first-order valence-corrected chi connectivity index (χ1v) is 13.7. The summed E-state index contributed by atoms with van der Waals surface area (Å²) in [5.74, 6) is 1.52. The van der Waals surface area contributed by atoms with Crippen molar-refractivity contribution in [1.29, 1.82) is 0 Å². The van der Waals surface area contributed by atoms with Gasteiger partial charge in [-0.3, -0.25) is 4.98 Å². The Morgan fingerprint density at radius 2 is 1.88 bits per heavy atom. The van der Waals surface area contributed by atoms with Crippen molar-refractivity contribution in [2.45, 2.75) is 51.2 Å². The smallest absolute Gasteiger partial charge is 0.325 e. The molecule has 1 saturated heterocycles. The highest BCUT2D eigenvalue weighted by Crippen LogP contribution is 2.23. The average molecular weight is 511 g/mol. The minimum atomic E-state index is -3.11. The number of benzene rings is 1. The third-order valence-electron chi connectivity index (χ3n) is 6.82. The molecule has 0 radical (unpaired) electrons. The molecule has 1 fully saturated rings. The van der Waals surface area contributed by atoms with Crippen LogP contribution < -0.4 is 10.4 Å². The highest BCUT2D eigenvalue weighted by molar-refractivity contribution is 7.92. The van der Waals surface area contributed by atoms with E-state index in [1.807, 2.05) is 24.3 Å². The Hall–Kier alpha value is -2.10. The van der Waals surface area contributed by atoms with Crippen molar-refractivity contribution in [2.75, 3.05) is 32.0 Å². The van der Waals surface area contributed by atoms with Crippen LogP contribution in [0.25, 0.3) is 22.1 Å². The van der Waals surface area contributed by atoms with Gasteiger partial charge in [0.2, 0.25) is 0 Å². The lowest BCUT2D eigenvalue weighted by molar-refractivity contribution is 0.191. The van der Waals surface area contributed by atoms with Crippen molar-refractivity contribution in [1.82, 2.24) is 19.9 Å². The molecule has 3 heterocycles. The molecule has 4 rings (SSSR count). The van der Waals surface area contributed by atoms with E-state index in [9.17, 15) is 13.2 Å². The van der Waals surface area contributed by atoms with Crippen molar-refractivity contribution in [3.63, 3.8) is 0 Å². The molecule has 1 aliphatic heterocycles. The standard InChI is InChI=1S/C24H34N4O4S.ClH/c1-3-17(4-2)16-28-10-8-20(9-11-28)33(30,31)13-5-12-32-19-6-7-21-18(14-19)15-22-23(25-21)27-24(29)26-22;/h6-7,14-15,17,20H,3-5,8-13,16H2,1-2H3,(H2,25,26,27,29);1H. The van der Waals surface area contributed by atoms with E-state index in [0.29, 0.717) is 35.9 Å². The molecule has 0 unspecified atom stereocenters. The topological polar surface area (TPSA) is 108 Å². The summed E-state index contributed by atoms with van der Waals surface area (Å²) in [6.45, 7) is 7.63. The zero-order chi connectivity index (χ0) is 23.4. The Morgan fingerprint density at radius 1 is 1.15 bits per heavy atom. The second-order valence-electron chi connectivity index (χ2n) is 9.07. The van der Waals surface area contributed by atoms with Crippen LogP contribution in [0.3, 0.4) is 0 Å². The maximum Gasteiger partial charge on any atom is 0.325 e. The first kappa shape index (κ1) is 26.5. The van der Waals surface area contributed by atoms with Crippen LogP contribution >= 0.6 is 12.4 Å². The number of nitrogens with zero attached hydrogens (tertiary/aromatic N) is 2. The lowest BCUT2D eigenvalue weighted by atomic mass is 10.0. The van der Waals surface area contributed by atoms with Crippen molar-refractivity contribution >= 4 is 44.3 Å². The number of fused-ring (bicyclic) bond motifs is 2. The lowest BCUT2D eigenvalue weighted by Crippen LogP contribution is -2.42. The van der Waals surface area contributed by atoms with Gasteiger partial charge in [-0.1, -0.05) is 26.7 Å². The van der Waals surface area contributed by atoms with Gasteiger partial charge in [0.05, 0.1) is 28.6 Å². The molecule has 1 aliphatic rings. The van der Waals surface area contributed by atoms with Crippen molar-refractivity contribution < 1.29 is 13.2 Å². The fourth-order valence-electron chi connectivity index (χ4n) is 4.68. The van der Waals surface area contributed by atoms with E-state index >= 15 is 0 Å². The molecule has 0 atom stereocenters. The van der Waals surface area contributed by atoms with Gasteiger partial charge in [0.25, 0.3) is 0 Å². The molecule has 0 aliphatic carbocycles. The number of rotatable bonds is 10. The van der Waals surface area contributed by atoms with Crippen LogP contribution in [0, 0.1) is 5.92 Å². The molecule has 34 heavy (non-hydrogen) atoms. The monoisotopic (exact) mass is 510 g/mol. The second kappa shape index (κ2) is 11.6. The fourth-order valence-corrected chi connectivity index (χ4v) is 6.46. The highest BCUT2D eigenvalue weighted by Gasteiger charge is 2.30. The number of aromatic amines is 2. The maximum atomic E-state index is 12.8. The summed E-state index contributed by atoms with van der Waals surface area (Å²) in [5, 5.41) is 0.621. The number of sulfone groups is 1. The molecule has 3 aromatic rings. The Labute approximate surface area is 206 Å². The van der Waals surface area contributed by atoms with Gasteiger partial charge < -0.3 is 14.6 Å². The number of hydrogen-bond acceptors (Lipinski definition) is 6. The van der Waals surface area contributed by atoms with Crippen LogP contribution in [-0.4, -0.2) is 65.5 Å². The molecule has 2 N–H and O–H groups in total.